The van der Waals surface area contributed by atoms with Crippen molar-refractivity contribution in [2.45, 2.75) is 25.0 Å². The number of hydrogen-bond donors (Lipinski definition) is 0. The lowest BCUT2D eigenvalue weighted by atomic mass is 10.2. The van der Waals surface area contributed by atoms with Crippen LogP contribution in [-0.2, 0) is 16.0 Å². The van der Waals surface area contributed by atoms with Crippen LogP contribution in [0.5, 0.6) is 0 Å². The van der Waals surface area contributed by atoms with Crippen molar-refractivity contribution < 1.29 is 9.47 Å². The van der Waals surface area contributed by atoms with Gasteiger partial charge in [-0.15, -0.1) is 10.2 Å². The van der Waals surface area contributed by atoms with E-state index in [9.17, 15) is 4.79 Å². The first kappa shape index (κ1) is 20.3. The molecular weight excluding hydrogens is 390 g/mol. The van der Waals surface area contributed by atoms with E-state index in [1.54, 1.807) is 16.3 Å². The lowest BCUT2D eigenvalue weighted by molar-refractivity contribution is 0.0410. The predicted molar refractivity (Wildman–Crippen MR) is 114 cm³/mol. The Bertz CT molecular complexity index is 1010. The van der Waals surface area contributed by atoms with Crippen LogP contribution in [0.4, 0.5) is 0 Å². The maximum absolute atomic E-state index is 13.1. The highest BCUT2D eigenvalue weighted by Gasteiger charge is 2.17. The highest BCUT2D eigenvalue weighted by Crippen LogP contribution is 2.22. The van der Waals surface area contributed by atoms with Crippen LogP contribution in [0.3, 0.4) is 0 Å². The first-order valence-electron chi connectivity index (χ1n) is 10.2. The Hall–Kier alpha value is -1.94. The van der Waals surface area contributed by atoms with Crippen molar-refractivity contribution in [1.29, 1.82) is 0 Å². The van der Waals surface area contributed by atoms with Crippen LogP contribution in [-0.4, -0.2) is 75.9 Å². The fourth-order valence-corrected chi connectivity index (χ4v) is 4.53. The molecule has 9 heteroatoms. The zero-order valence-electron chi connectivity index (χ0n) is 16.7. The number of benzene rings is 1. The Balaban J connectivity index is 1.62. The van der Waals surface area contributed by atoms with Gasteiger partial charge in [0.2, 0.25) is 5.78 Å². The smallest absolute Gasteiger partial charge is 0.262 e. The molecule has 3 aromatic rings. The van der Waals surface area contributed by atoms with Gasteiger partial charge >= 0.3 is 0 Å². The van der Waals surface area contributed by atoms with Gasteiger partial charge in [0.05, 0.1) is 24.1 Å². The average Bonchev–Trinajstić information content (AvgIpc) is 3.18. The van der Waals surface area contributed by atoms with Crippen LogP contribution in [0.2, 0.25) is 0 Å². The summed E-state index contributed by atoms with van der Waals surface area (Å²) in [6, 6.07) is 7.68. The molecule has 1 aliphatic rings. The monoisotopic (exact) mass is 417 g/mol. The Morgan fingerprint density at radius 3 is 2.83 bits per heavy atom. The number of morpholine rings is 1. The van der Waals surface area contributed by atoms with E-state index in [0.717, 1.165) is 55.7 Å². The SMILES string of the molecule is CCOCCCn1c(=O)c2ccccc2n2c(SCCN3CCOCC3)nnc12. The fourth-order valence-electron chi connectivity index (χ4n) is 3.59. The summed E-state index contributed by atoms with van der Waals surface area (Å²) in [5.74, 6) is 1.51. The largest absolute Gasteiger partial charge is 0.382 e. The number of rotatable bonds is 9. The zero-order valence-corrected chi connectivity index (χ0v) is 17.6. The van der Waals surface area contributed by atoms with Crippen LogP contribution >= 0.6 is 11.8 Å². The summed E-state index contributed by atoms with van der Waals surface area (Å²) in [5, 5.41) is 10.3. The molecule has 0 spiro atoms. The summed E-state index contributed by atoms with van der Waals surface area (Å²) in [6.07, 6.45) is 0.758. The first-order valence-corrected chi connectivity index (χ1v) is 11.2. The van der Waals surface area contributed by atoms with Gasteiger partial charge in [-0.3, -0.25) is 18.7 Å². The van der Waals surface area contributed by atoms with Gasteiger partial charge in [0, 0.05) is 45.1 Å². The van der Waals surface area contributed by atoms with Gasteiger partial charge in [-0.2, -0.15) is 0 Å². The van der Waals surface area contributed by atoms with Crippen molar-refractivity contribution in [3.63, 3.8) is 0 Å². The van der Waals surface area contributed by atoms with Crippen molar-refractivity contribution in [2.24, 2.45) is 0 Å². The number of para-hydroxylation sites is 1. The highest BCUT2D eigenvalue weighted by molar-refractivity contribution is 7.99. The van der Waals surface area contributed by atoms with Gasteiger partial charge in [-0.25, -0.2) is 0 Å². The second kappa shape index (κ2) is 9.71. The summed E-state index contributed by atoms with van der Waals surface area (Å²) in [5.41, 5.74) is 0.828. The zero-order chi connectivity index (χ0) is 20.1. The number of thioether (sulfide) groups is 1. The molecule has 1 fully saturated rings. The molecule has 0 atom stereocenters. The second-order valence-electron chi connectivity index (χ2n) is 6.94. The molecular formula is C20H27N5O3S. The van der Waals surface area contributed by atoms with E-state index in [1.165, 1.54) is 0 Å². The average molecular weight is 418 g/mol. The van der Waals surface area contributed by atoms with E-state index < -0.39 is 0 Å². The number of fused-ring (bicyclic) bond motifs is 3. The third-order valence-electron chi connectivity index (χ3n) is 5.10. The van der Waals surface area contributed by atoms with Gasteiger partial charge in [-0.1, -0.05) is 23.9 Å². The van der Waals surface area contributed by atoms with Crippen molar-refractivity contribution >= 4 is 28.4 Å². The van der Waals surface area contributed by atoms with Crippen LogP contribution in [0, 0.1) is 0 Å². The van der Waals surface area contributed by atoms with Gasteiger partial charge in [0.15, 0.2) is 5.16 Å². The quantitative estimate of drug-likeness (QED) is 0.389. The van der Waals surface area contributed by atoms with Gasteiger partial charge in [0.1, 0.15) is 0 Å². The van der Waals surface area contributed by atoms with Gasteiger partial charge < -0.3 is 9.47 Å². The molecule has 0 amide bonds. The molecule has 8 nitrogen and oxygen atoms in total. The number of aryl methyl sites for hydroxylation is 1. The molecule has 3 heterocycles. The molecule has 0 radical (unpaired) electrons. The van der Waals surface area contributed by atoms with E-state index in [4.69, 9.17) is 9.47 Å². The van der Waals surface area contributed by atoms with Crippen molar-refractivity contribution in [2.75, 3.05) is 51.8 Å². The van der Waals surface area contributed by atoms with E-state index >= 15 is 0 Å². The lowest BCUT2D eigenvalue weighted by Gasteiger charge is -2.26. The summed E-state index contributed by atoms with van der Waals surface area (Å²) < 4.78 is 14.6. The molecule has 2 aromatic heterocycles. The van der Waals surface area contributed by atoms with Crippen molar-refractivity contribution in [3.05, 3.63) is 34.6 Å². The van der Waals surface area contributed by atoms with Gasteiger partial charge in [-0.05, 0) is 25.5 Å². The first-order chi connectivity index (χ1) is 14.3. The Morgan fingerprint density at radius 1 is 1.17 bits per heavy atom. The minimum Gasteiger partial charge on any atom is -0.382 e. The maximum Gasteiger partial charge on any atom is 0.262 e. The van der Waals surface area contributed by atoms with E-state index in [-0.39, 0.29) is 5.56 Å². The normalized spacial score (nSPS) is 15.5. The van der Waals surface area contributed by atoms with Gasteiger partial charge in [0.25, 0.3) is 5.56 Å². The van der Waals surface area contributed by atoms with Crippen LogP contribution in [0.15, 0.2) is 34.2 Å². The minimum absolute atomic E-state index is 0.0261. The summed E-state index contributed by atoms with van der Waals surface area (Å²) in [6.45, 7) is 8.37. The van der Waals surface area contributed by atoms with E-state index in [2.05, 4.69) is 15.1 Å². The summed E-state index contributed by atoms with van der Waals surface area (Å²) in [7, 11) is 0. The number of nitrogens with zero attached hydrogens (tertiary/aromatic N) is 5. The molecule has 29 heavy (non-hydrogen) atoms. The predicted octanol–water partition coefficient (Wildman–Crippen LogP) is 1.90. The van der Waals surface area contributed by atoms with Crippen molar-refractivity contribution in [1.82, 2.24) is 24.1 Å². The molecule has 1 saturated heterocycles. The summed E-state index contributed by atoms with van der Waals surface area (Å²) >= 11 is 1.68. The Labute approximate surface area is 173 Å². The van der Waals surface area contributed by atoms with Crippen molar-refractivity contribution in [3.8, 4) is 0 Å². The number of ether oxygens (including phenoxy) is 2. The number of aromatic nitrogens is 4. The van der Waals surface area contributed by atoms with Crippen LogP contribution in [0.1, 0.15) is 13.3 Å². The molecule has 0 unspecified atom stereocenters. The molecule has 4 rings (SSSR count). The Kier molecular flexibility index (Phi) is 6.81. The molecule has 0 N–H and O–H groups in total. The Morgan fingerprint density at radius 2 is 2.00 bits per heavy atom. The number of hydrogen-bond acceptors (Lipinski definition) is 7. The molecule has 156 valence electrons. The maximum atomic E-state index is 13.1. The third kappa shape index (κ3) is 4.48. The lowest BCUT2D eigenvalue weighted by Crippen LogP contribution is -2.37. The third-order valence-corrected chi connectivity index (χ3v) is 6.00. The van der Waals surface area contributed by atoms with Crippen LogP contribution < -0.4 is 5.56 Å². The minimum atomic E-state index is -0.0261. The fraction of sp³-hybridized carbons (Fsp3) is 0.550. The molecule has 0 bridgehead atoms. The summed E-state index contributed by atoms with van der Waals surface area (Å²) in [4.78, 5) is 15.5. The van der Waals surface area contributed by atoms with Crippen LogP contribution in [0.25, 0.3) is 16.7 Å². The highest BCUT2D eigenvalue weighted by atomic mass is 32.2. The molecule has 1 aromatic carbocycles. The molecule has 1 aliphatic heterocycles. The topological polar surface area (TPSA) is 73.9 Å². The molecule has 0 saturated carbocycles. The second-order valence-corrected chi connectivity index (χ2v) is 8.01. The standard InChI is InChI=1S/C20H27N5O3S/c1-2-27-12-5-8-24-18(26)16-6-3-4-7-17(16)25-19(24)21-22-20(25)29-15-11-23-9-13-28-14-10-23/h3-4,6-7H,2,5,8-15H2,1H3. The van der Waals surface area contributed by atoms with E-state index in [1.807, 2.05) is 35.6 Å². The van der Waals surface area contributed by atoms with E-state index in [0.29, 0.717) is 30.9 Å². The molecule has 0 aliphatic carbocycles.